The third-order valence-electron chi connectivity index (χ3n) is 6.69. The number of fused-ring (bicyclic) bond motifs is 1. The van der Waals surface area contributed by atoms with Crippen LogP contribution in [0.4, 0.5) is 14.5 Å². The molecule has 0 aliphatic carbocycles. The fraction of sp³-hybridized carbons (Fsp3) is 0.259. The molecular formula is C27H23F2N5O2SSi. The summed E-state index contributed by atoms with van der Waals surface area (Å²) in [5.74, 6) is -0.483. The van der Waals surface area contributed by atoms with Crippen LogP contribution in [0.3, 0.4) is 0 Å². The Morgan fingerprint density at radius 2 is 1.92 bits per heavy atom. The number of halogens is 2. The lowest BCUT2D eigenvalue weighted by Gasteiger charge is -2.23. The standard InChI is InChI=1S/C27H23F2N5O2SSi/c1-14-13-37-27(30-14)33-22-10-7-17(25-15(2)32-36-16(25)3)11-21(22)31-26(33)23-5-4-6-24(35)34(38-23)18-8-9-19(28)20(29)12-18/h7-13,23H,4-6H2,1-3H3/t23-/m0/s1. The number of imidazole rings is 1. The number of carbonyl (C=O) groups excluding carboxylic acids is 1. The summed E-state index contributed by atoms with van der Waals surface area (Å²) in [6.45, 7) is 5.75. The normalized spacial score (nSPS) is 16.4. The molecule has 0 saturated carbocycles. The smallest absolute Gasteiger partial charge is 0.218 e. The highest BCUT2D eigenvalue weighted by Crippen LogP contribution is 2.36. The molecule has 3 aromatic heterocycles. The summed E-state index contributed by atoms with van der Waals surface area (Å²) in [7, 11) is -0.0275. The van der Waals surface area contributed by atoms with Gasteiger partial charge in [-0.2, -0.15) is 0 Å². The van der Waals surface area contributed by atoms with Crippen LogP contribution in [0.25, 0.3) is 27.3 Å². The Hall–Kier alpha value is -3.70. The molecule has 1 atom stereocenters. The van der Waals surface area contributed by atoms with E-state index in [4.69, 9.17) is 14.5 Å². The summed E-state index contributed by atoms with van der Waals surface area (Å²) >= 11 is 1.53. The number of anilines is 1. The van der Waals surface area contributed by atoms with Gasteiger partial charge in [-0.1, -0.05) is 11.2 Å². The highest BCUT2D eigenvalue weighted by atomic mass is 32.1. The van der Waals surface area contributed by atoms with Crippen molar-refractivity contribution in [2.24, 2.45) is 0 Å². The Kier molecular flexibility index (Phi) is 6.19. The summed E-state index contributed by atoms with van der Waals surface area (Å²) in [4.78, 5) is 22.9. The number of benzene rings is 2. The predicted molar refractivity (Wildman–Crippen MR) is 143 cm³/mol. The molecule has 0 spiro atoms. The molecule has 1 amide bonds. The molecular weight excluding hydrogens is 524 g/mol. The molecule has 192 valence electrons. The minimum absolute atomic E-state index is 0.0275. The minimum atomic E-state index is -0.974. The molecule has 1 aliphatic heterocycles. The molecule has 0 bridgehead atoms. The van der Waals surface area contributed by atoms with Gasteiger partial charge in [-0.3, -0.25) is 9.36 Å². The number of hydrogen-bond acceptors (Lipinski definition) is 6. The summed E-state index contributed by atoms with van der Waals surface area (Å²) in [5.41, 5.74) is 5.56. The van der Waals surface area contributed by atoms with E-state index >= 15 is 0 Å². The van der Waals surface area contributed by atoms with Gasteiger partial charge in [0.15, 0.2) is 16.8 Å². The van der Waals surface area contributed by atoms with Gasteiger partial charge < -0.3 is 9.09 Å². The van der Waals surface area contributed by atoms with E-state index in [0.717, 1.165) is 68.8 Å². The average Bonchev–Trinajstić information content (AvgIpc) is 3.54. The molecule has 5 aromatic rings. The van der Waals surface area contributed by atoms with Crippen LogP contribution >= 0.6 is 11.3 Å². The predicted octanol–water partition coefficient (Wildman–Crippen LogP) is 6.22. The maximum Gasteiger partial charge on any atom is 0.218 e. The van der Waals surface area contributed by atoms with Crippen molar-refractivity contribution < 1.29 is 18.1 Å². The second-order valence-electron chi connectivity index (χ2n) is 9.38. The van der Waals surface area contributed by atoms with E-state index in [1.807, 2.05) is 44.4 Å². The van der Waals surface area contributed by atoms with Crippen LogP contribution in [-0.4, -0.2) is 35.3 Å². The molecule has 1 fully saturated rings. The van der Waals surface area contributed by atoms with Crippen LogP contribution in [-0.2, 0) is 4.79 Å². The van der Waals surface area contributed by atoms with Crippen LogP contribution in [0.15, 0.2) is 46.3 Å². The summed E-state index contributed by atoms with van der Waals surface area (Å²) < 4.78 is 36.7. The van der Waals surface area contributed by atoms with Crippen LogP contribution < -0.4 is 4.57 Å². The quantitative estimate of drug-likeness (QED) is 0.250. The van der Waals surface area contributed by atoms with E-state index in [-0.39, 0.29) is 21.1 Å². The van der Waals surface area contributed by atoms with Crippen molar-refractivity contribution in [3.63, 3.8) is 0 Å². The van der Waals surface area contributed by atoms with Crippen LogP contribution in [0.2, 0.25) is 0 Å². The molecule has 1 aliphatic rings. The van der Waals surface area contributed by atoms with E-state index in [2.05, 4.69) is 9.72 Å². The molecule has 7 nitrogen and oxygen atoms in total. The molecule has 1 saturated heterocycles. The van der Waals surface area contributed by atoms with Crippen LogP contribution in [0.1, 0.15) is 47.8 Å². The van der Waals surface area contributed by atoms with Crippen molar-refractivity contribution in [2.45, 2.75) is 45.6 Å². The topological polar surface area (TPSA) is 77.0 Å². The number of hydrogen-bond donors (Lipinski definition) is 0. The number of carbonyl (C=O) groups is 1. The first-order valence-corrected chi connectivity index (χ1v) is 14.1. The third-order valence-corrected chi connectivity index (χ3v) is 9.26. The van der Waals surface area contributed by atoms with Gasteiger partial charge >= 0.3 is 0 Å². The lowest BCUT2D eigenvalue weighted by molar-refractivity contribution is -0.117. The molecule has 11 heteroatoms. The zero-order valence-corrected chi connectivity index (χ0v) is 22.8. The van der Waals surface area contributed by atoms with Crippen LogP contribution in [0, 0.1) is 32.4 Å². The molecule has 2 radical (unpaired) electrons. The molecule has 0 unspecified atom stereocenters. The van der Waals surface area contributed by atoms with E-state index in [9.17, 15) is 13.6 Å². The second-order valence-corrected chi connectivity index (χ2v) is 11.6. The maximum absolute atomic E-state index is 14.1. The Morgan fingerprint density at radius 3 is 2.63 bits per heavy atom. The molecule has 6 rings (SSSR count). The fourth-order valence-corrected chi connectivity index (χ4v) is 7.24. The Morgan fingerprint density at radius 1 is 1.08 bits per heavy atom. The second kappa shape index (κ2) is 9.55. The highest BCUT2D eigenvalue weighted by Gasteiger charge is 2.32. The molecule has 2 aromatic carbocycles. The van der Waals surface area contributed by atoms with Gasteiger partial charge in [0, 0.05) is 28.6 Å². The van der Waals surface area contributed by atoms with Crippen LogP contribution in [0.5, 0.6) is 0 Å². The third kappa shape index (κ3) is 4.25. The maximum atomic E-state index is 14.1. The van der Waals surface area contributed by atoms with Gasteiger partial charge in [0.1, 0.15) is 11.6 Å². The van der Waals surface area contributed by atoms with Crippen molar-refractivity contribution >= 4 is 43.6 Å². The van der Waals surface area contributed by atoms with Gasteiger partial charge in [0.2, 0.25) is 15.6 Å². The van der Waals surface area contributed by atoms with E-state index in [0.29, 0.717) is 18.5 Å². The van der Waals surface area contributed by atoms with Gasteiger partial charge in [-0.15, -0.1) is 11.3 Å². The van der Waals surface area contributed by atoms with Crippen molar-refractivity contribution in [3.05, 3.63) is 76.4 Å². The van der Waals surface area contributed by atoms with E-state index < -0.39 is 11.6 Å². The summed E-state index contributed by atoms with van der Waals surface area (Å²) in [6, 6.07) is 9.69. The van der Waals surface area contributed by atoms with Crippen molar-refractivity contribution in [2.75, 3.05) is 4.57 Å². The number of nitrogens with zero attached hydrogens (tertiary/aromatic N) is 5. The zero-order chi connectivity index (χ0) is 26.6. The Bertz CT molecular complexity index is 1670. The van der Waals surface area contributed by atoms with E-state index in [1.54, 1.807) is 4.57 Å². The molecule has 0 N–H and O–H groups in total. The first kappa shape index (κ1) is 24.6. The van der Waals surface area contributed by atoms with Gasteiger partial charge in [-0.25, -0.2) is 18.7 Å². The zero-order valence-electron chi connectivity index (χ0n) is 21.0. The SMILES string of the molecule is Cc1csc(-n2c([C@@H]3CCCC(=O)N(c4ccc(F)c(F)c4)[Si]3)nc3cc(-c4c(C)noc4C)ccc32)n1. The Labute approximate surface area is 224 Å². The number of aryl methyl sites for hydroxylation is 3. The van der Waals surface area contributed by atoms with Crippen molar-refractivity contribution in [3.8, 4) is 16.3 Å². The van der Waals surface area contributed by atoms with Gasteiger partial charge in [0.25, 0.3) is 0 Å². The van der Waals surface area contributed by atoms with Gasteiger partial charge in [-0.05, 0) is 69.5 Å². The molecule has 38 heavy (non-hydrogen) atoms. The van der Waals surface area contributed by atoms with Crippen molar-refractivity contribution in [1.29, 1.82) is 0 Å². The van der Waals surface area contributed by atoms with Crippen molar-refractivity contribution in [1.82, 2.24) is 19.7 Å². The fourth-order valence-electron chi connectivity index (χ4n) is 4.92. The Balaban J connectivity index is 1.48. The first-order valence-electron chi connectivity index (χ1n) is 12.2. The lowest BCUT2D eigenvalue weighted by atomic mass is 10.0. The largest absolute Gasteiger partial charge is 0.361 e. The number of amides is 1. The van der Waals surface area contributed by atoms with E-state index in [1.165, 1.54) is 17.4 Å². The lowest BCUT2D eigenvalue weighted by Crippen LogP contribution is -2.36. The molecule has 4 heterocycles. The first-order chi connectivity index (χ1) is 18.3. The summed E-state index contributed by atoms with van der Waals surface area (Å²) in [5, 5.41) is 6.88. The highest BCUT2D eigenvalue weighted by molar-refractivity contribution is 7.12. The number of aromatic nitrogens is 4. The van der Waals surface area contributed by atoms with Gasteiger partial charge in [0.05, 0.1) is 22.4 Å². The summed E-state index contributed by atoms with van der Waals surface area (Å²) in [6.07, 6.45) is 1.73. The number of rotatable bonds is 4. The monoisotopic (exact) mass is 547 g/mol. The number of thiazole rings is 1. The average molecular weight is 548 g/mol. The minimum Gasteiger partial charge on any atom is -0.361 e.